The van der Waals surface area contributed by atoms with E-state index in [2.05, 4.69) is 20.4 Å². The number of hydrogen-bond acceptors (Lipinski definition) is 7. The maximum absolute atomic E-state index is 11.1. The van der Waals surface area contributed by atoms with Gasteiger partial charge in [-0.15, -0.1) is 0 Å². The minimum atomic E-state index is -0.772. The van der Waals surface area contributed by atoms with Crippen molar-refractivity contribution in [3.63, 3.8) is 0 Å². The second-order valence-electron chi connectivity index (χ2n) is 7.77. The molecule has 0 aliphatic carbocycles. The Morgan fingerprint density at radius 3 is 2.62 bits per heavy atom. The first-order valence-electron chi connectivity index (χ1n) is 9.84. The number of aliphatic hydroxyl groups is 1. The zero-order valence-corrected chi connectivity index (χ0v) is 16.0. The lowest BCUT2D eigenvalue weighted by atomic mass is 9.87. The Balaban J connectivity index is 1.22. The van der Waals surface area contributed by atoms with Gasteiger partial charge in [-0.3, -0.25) is 4.90 Å². The molecule has 0 saturated carbocycles. The maximum atomic E-state index is 11.1. The van der Waals surface area contributed by atoms with E-state index in [9.17, 15) is 5.11 Å². The lowest BCUT2D eigenvalue weighted by molar-refractivity contribution is -0.0264. The van der Waals surface area contributed by atoms with E-state index in [1.165, 1.54) is 0 Å². The van der Waals surface area contributed by atoms with Gasteiger partial charge in [0.1, 0.15) is 22.5 Å². The number of likely N-dealkylation sites (tertiary alicyclic amines) is 1. The van der Waals surface area contributed by atoms with Crippen LogP contribution < -0.4 is 0 Å². The minimum absolute atomic E-state index is 0.476. The van der Waals surface area contributed by atoms with Crippen LogP contribution in [0.2, 0.25) is 0 Å². The number of piperidine rings is 1. The topological polar surface area (TPSA) is 88.4 Å². The molecule has 29 heavy (non-hydrogen) atoms. The lowest BCUT2D eigenvalue weighted by Crippen LogP contribution is -2.45. The zero-order chi connectivity index (χ0) is 19.7. The Morgan fingerprint density at radius 1 is 0.966 bits per heavy atom. The van der Waals surface area contributed by atoms with Crippen molar-refractivity contribution in [2.75, 3.05) is 13.1 Å². The summed E-state index contributed by atoms with van der Waals surface area (Å²) in [5.41, 5.74) is 3.72. The third kappa shape index (κ3) is 3.79. The van der Waals surface area contributed by atoms with Crippen LogP contribution in [-0.4, -0.2) is 44.2 Å². The maximum Gasteiger partial charge on any atom is 0.140 e. The summed E-state index contributed by atoms with van der Waals surface area (Å²) in [6.07, 6.45) is 1.84. The smallest absolute Gasteiger partial charge is 0.140 e. The second kappa shape index (κ2) is 7.42. The van der Waals surface area contributed by atoms with Crippen LogP contribution in [0.1, 0.15) is 24.2 Å². The van der Waals surface area contributed by atoms with E-state index in [0.717, 1.165) is 53.2 Å². The number of aromatic nitrogens is 3. The van der Waals surface area contributed by atoms with Crippen LogP contribution in [0.4, 0.5) is 0 Å². The normalized spacial score (nSPS) is 17.0. The summed E-state index contributed by atoms with van der Waals surface area (Å²) in [7, 11) is 0. The molecule has 0 unspecified atom stereocenters. The van der Waals surface area contributed by atoms with Gasteiger partial charge in [0.05, 0.1) is 5.60 Å². The molecule has 1 saturated heterocycles. The minimum Gasteiger partial charge on any atom is -0.389 e. The van der Waals surface area contributed by atoms with E-state index < -0.39 is 5.60 Å². The Bertz CT molecular complexity index is 1100. The van der Waals surface area contributed by atoms with Crippen molar-refractivity contribution in [3.05, 3.63) is 65.9 Å². The summed E-state index contributed by atoms with van der Waals surface area (Å²) >= 11 is 0. The standard InChI is InChI=1S/C22H22N4O3/c27-22(14-18-13-20(23-28-18)16-5-2-1-3-6-16)9-11-26(12-10-22)15-17-7-4-8-19-21(17)25-29-24-19/h1-8,13,27H,9-12,14-15H2. The molecule has 148 valence electrons. The zero-order valence-electron chi connectivity index (χ0n) is 16.0. The fourth-order valence-corrected chi connectivity index (χ4v) is 4.00. The van der Waals surface area contributed by atoms with Gasteiger partial charge in [-0.1, -0.05) is 47.6 Å². The first-order valence-corrected chi connectivity index (χ1v) is 9.84. The Morgan fingerprint density at radius 2 is 1.79 bits per heavy atom. The van der Waals surface area contributed by atoms with Gasteiger partial charge in [0.25, 0.3) is 0 Å². The molecular formula is C22H22N4O3. The molecule has 0 amide bonds. The highest BCUT2D eigenvalue weighted by Crippen LogP contribution is 2.29. The van der Waals surface area contributed by atoms with Crippen LogP contribution in [-0.2, 0) is 13.0 Å². The molecule has 1 aliphatic heterocycles. The fourth-order valence-electron chi connectivity index (χ4n) is 4.00. The van der Waals surface area contributed by atoms with Crippen LogP contribution >= 0.6 is 0 Å². The number of rotatable bonds is 5. The van der Waals surface area contributed by atoms with E-state index >= 15 is 0 Å². The quantitative estimate of drug-likeness (QED) is 0.558. The van der Waals surface area contributed by atoms with E-state index in [0.29, 0.717) is 19.3 Å². The van der Waals surface area contributed by atoms with E-state index in [-0.39, 0.29) is 0 Å². The average Bonchev–Trinajstić information content (AvgIpc) is 3.40. The Labute approximate surface area is 167 Å². The average molecular weight is 390 g/mol. The molecule has 0 spiro atoms. The summed E-state index contributed by atoms with van der Waals surface area (Å²) in [5.74, 6) is 0.721. The lowest BCUT2D eigenvalue weighted by Gasteiger charge is -2.37. The number of fused-ring (bicyclic) bond motifs is 1. The molecule has 0 bridgehead atoms. The highest BCUT2D eigenvalue weighted by atomic mass is 16.6. The monoisotopic (exact) mass is 390 g/mol. The van der Waals surface area contributed by atoms with Crippen molar-refractivity contribution in [1.29, 1.82) is 0 Å². The SMILES string of the molecule is OC1(Cc2cc(-c3ccccc3)no2)CCN(Cc2cccc3nonc23)CC1. The predicted molar refractivity (Wildman–Crippen MR) is 107 cm³/mol. The highest BCUT2D eigenvalue weighted by Gasteiger charge is 2.34. The highest BCUT2D eigenvalue weighted by molar-refractivity contribution is 5.76. The van der Waals surface area contributed by atoms with Crippen molar-refractivity contribution in [1.82, 2.24) is 20.4 Å². The van der Waals surface area contributed by atoms with E-state index in [4.69, 9.17) is 9.15 Å². The largest absolute Gasteiger partial charge is 0.389 e. The van der Waals surface area contributed by atoms with Gasteiger partial charge in [-0.2, -0.15) is 0 Å². The van der Waals surface area contributed by atoms with Crippen molar-refractivity contribution >= 4 is 11.0 Å². The van der Waals surface area contributed by atoms with Crippen molar-refractivity contribution in [2.24, 2.45) is 0 Å². The van der Waals surface area contributed by atoms with Crippen LogP contribution in [0, 0.1) is 0 Å². The summed E-state index contributed by atoms with van der Waals surface area (Å²) in [6, 6.07) is 17.8. The van der Waals surface area contributed by atoms with Crippen LogP contribution in [0.5, 0.6) is 0 Å². The Hall–Kier alpha value is -3.03. The van der Waals surface area contributed by atoms with Crippen molar-refractivity contribution in [2.45, 2.75) is 31.4 Å². The molecule has 5 rings (SSSR count). The molecule has 0 radical (unpaired) electrons. The molecule has 4 aromatic rings. The Kier molecular flexibility index (Phi) is 4.61. The molecule has 2 aromatic heterocycles. The molecule has 0 atom stereocenters. The molecule has 2 aromatic carbocycles. The summed E-state index contributed by atoms with van der Waals surface area (Å²) < 4.78 is 10.4. The fraction of sp³-hybridized carbons (Fsp3) is 0.318. The molecular weight excluding hydrogens is 368 g/mol. The van der Waals surface area contributed by atoms with Crippen LogP contribution in [0.15, 0.2) is 63.7 Å². The second-order valence-corrected chi connectivity index (χ2v) is 7.77. The third-order valence-electron chi connectivity index (χ3n) is 5.68. The van der Waals surface area contributed by atoms with Gasteiger partial charge in [0.2, 0.25) is 0 Å². The van der Waals surface area contributed by atoms with Gasteiger partial charge in [-0.05, 0) is 34.8 Å². The molecule has 7 nitrogen and oxygen atoms in total. The summed E-state index contributed by atoms with van der Waals surface area (Å²) in [6.45, 7) is 2.37. The molecule has 1 fully saturated rings. The van der Waals surface area contributed by atoms with E-state index in [1.807, 2.05) is 54.6 Å². The van der Waals surface area contributed by atoms with Gasteiger partial charge < -0.3 is 9.63 Å². The molecule has 1 N–H and O–H groups in total. The van der Waals surface area contributed by atoms with Gasteiger partial charge in [-0.25, -0.2) is 4.63 Å². The van der Waals surface area contributed by atoms with Crippen LogP contribution in [0.3, 0.4) is 0 Å². The van der Waals surface area contributed by atoms with Crippen molar-refractivity contribution in [3.8, 4) is 11.3 Å². The number of hydrogen-bond donors (Lipinski definition) is 1. The first kappa shape index (κ1) is 18.0. The van der Waals surface area contributed by atoms with Crippen LogP contribution in [0.25, 0.3) is 22.3 Å². The first-order chi connectivity index (χ1) is 14.2. The third-order valence-corrected chi connectivity index (χ3v) is 5.68. The van der Waals surface area contributed by atoms with Gasteiger partial charge in [0.15, 0.2) is 0 Å². The molecule has 3 heterocycles. The number of benzene rings is 2. The predicted octanol–water partition coefficient (Wildman–Crippen LogP) is 3.45. The summed E-state index contributed by atoms with van der Waals surface area (Å²) in [4.78, 5) is 2.33. The van der Waals surface area contributed by atoms with E-state index in [1.54, 1.807) is 0 Å². The van der Waals surface area contributed by atoms with Gasteiger partial charge in [0, 0.05) is 37.7 Å². The molecule has 7 heteroatoms. The van der Waals surface area contributed by atoms with Gasteiger partial charge >= 0.3 is 0 Å². The summed E-state index contributed by atoms with van der Waals surface area (Å²) in [5, 5.41) is 23.2. The number of nitrogens with zero attached hydrogens (tertiary/aromatic N) is 4. The molecule has 1 aliphatic rings. The van der Waals surface area contributed by atoms with Crippen molar-refractivity contribution < 1.29 is 14.3 Å².